The Morgan fingerprint density at radius 2 is 1.21 bits per heavy atom. The highest BCUT2D eigenvalue weighted by Gasteiger charge is 2.38. The third-order valence-corrected chi connectivity index (χ3v) is 9.83. The molecule has 158 valence electrons. The first kappa shape index (κ1) is 22.4. The van der Waals surface area contributed by atoms with Crippen LogP contribution in [0.3, 0.4) is 0 Å². The van der Waals surface area contributed by atoms with Crippen LogP contribution in [0, 0.1) is 13.8 Å². The van der Waals surface area contributed by atoms with Crippen molar-refractivity contribution in [2.45, 2.75) is 35.8 Å². The van der Waals surface area contributed by atoms with E-state index in [-0.39, 0.29) is 21.3 Å². The van der Waals surface area contributed by atoms with Gasteiger partial charge in [0.25, 0.3) is 20.2 Å². The molecule has 3 rings (SSSR count). The predicted molar refractivity (Wildman–Crippen MR) is 112 cm³/mol. The SMILES string of the molecule is Cc1ccc(S(=O)(=O)OC2CSS(=O)CC2OS(=O)(=O)c2ccc(C)cc2)cc1. The topological polar surface area (TPSA) is 104 Å². The minimum Gasteiger partial charge on any atom is -0.259 e. The van der Waals surface area contributed by atoms with E-state index in [1.807, 2.05) is 13.8 Å². The van der Waals surface area contributed by atoms with Crippen LogP contribution in [-0.4, -0.2) is 44.8 Å². The molecule has 0 spiro atoms. The summed E-state index contributed by atoms with van der Waals surface area (Å²) in [6.07, 6.45) is -2.28. The van der Waals surface area contributed by atoms with Crippen LogP contribution >= 0.6 is 10.8 Å². The normalized spacial score (nSPS) is 23.0. The Hall–Kier alpha value is -1.24. The zero-order valence-corrected chi connectivity index (χ0v) is 18.9. The number of benzene rings is 2. The Bertz CT molecular complexity index is 1090. The van der Waals surface area contributed by atoms with Gasteiger partial charge < -0.3 is 0 Å². The third kappa shape index (κ3) is 5.68. The molecule has 1 aliphatic rings. The van der Waals surface area contributed by atoms with E-state index in [4.69, 9.17) is 8.37 Å². The number of rotatable bonds is 6. The minimum absolute atomic E-state index is 0.0196. The molecule has 0 N–H and O–H groups in total. The molecule has 0 bridgehead atoms. The van der Waals surface area contributed by atoms with Crippen molar-refractivity contribution >= 4 is 40.9 Å². The van der Waals surface area contributed by atoms with Gasteiger partial charge in [-0.25, -0.2) is 4.21 Å². The first-order chi connectivity index (χ1) is 13.6. The van der Waals surface area contributed by atoms with Crippen molar-refractivity contribution in [3.8, 4) is 0 Å². The maximum atomic E-state index is 12.6. The molecule has 0 saturated carbocycles. The molecule has 1 aliphatic heterocycles. The van der Waals surface area contributed by atoms with E-state index in [0.717, 1.165) is 21.9 Å². The summed E-state index contributed by atoms with van der Waals surface area (Å²) < 4.78 is 72.9. The standard InChI is InChI=1S/C18H20O7S4/c1-13-3-7-15(8-4-13)28(20,21)24-17-11-26-27(19)12-18(17)25-29(22,23)16-9-5-14(2)6-10-16/h3-10,17-18H,11-12H2,1-2H3. The van der Waals surface area contributed by atoms with E-state index in [0.29, 0.717) is 0 Å². The summed E-state index contributed by atoms with van der Waals surface area (Å²) in [7, 11) is -8.73. The average Bonchev–Trinajstić information content (AvgIpc) is 2.64. The Balaban J connectivity index is 1.82. The van der Waals surface area contributed by atoms with Crippen LogP contribution in [-0.2, 0) is 38.4 Å². The fourth-order valence-corrected chi connectivity index (χ4v) is 7.70. The lowest BCUT2D eigenvalue weighted by Crippen LogP contribution is -2.43. The van der Waals surface area contributed by atoms with Gasteiger partial charge in [0.05, 0.1) is 25.4 Å². The fourth-order valence-electron chi connectivity index (χ4n) is 2.57. The average molecular weight is 477 g/mol. The summed E-state index contributed by atoms with van der Waals surface area (Å²) in [5.74, 6) is -0.143. The molecule has 2 aromatic rings. The molecule has 2 aromatic carbocycles. The quantitative estimate of drug-likeness (QED) is 0.463. The molecule has 1 heterocycles. The first-order valence-corrected chi connectivity index (χ1v) is 14.2. The summed E-state index contributed by atoms with van der Waals surface area (Å²) in [6, 6.07) is 12.2. The summed E-state index contributed by atoms with van der Waals surface area (Å²) >= 11 is 0. The summed E-state index contributed by atoms with van der Waals surface area (Å²) in [5.41, 5.74) is 1.77. The molecule has 29 heavy (non-hydrogen) atoms. The van der Waals surface area contributed by atoms with Crippen molar-refractivity contribution in [3.63, 3.8) is 0 Å². The minimum atomic E-state index is -4.18. The van der Waals surface area contributed by atoms with E-state index in [1.54, 1.807) is 24.3 Å². The van der Waals surface area contributed by atoms with Gasteiger partial charge in [-0.05, 0) is 38.1 Å². The number of hydrogen-bond acceptors (Lipinski definition) is 8. The van der Waals surface area contributed by atoms with E-state index < -0.39 is 42.3 Å². The number of aryl methyl sites for hydroxylation is 2. The summed E-state index contributed by atoms with van der Waals surface area (Å²) in [6.45, 7) is 3.64. The smallest absolute Gasteiger partial charge is 0.259 e. The summed E-state index contributed by atoms with van der Waals surface area (Å²) in [4.78, 5) is -0.104. The highest BCUT2D eigenvalue weighted by Crippen LogP contribution is 2.29. The van der Waals surface area contributed by atoms with Crippen LogP contribution in [0.2, 0.25) is 0 Å². The van der Waals surface area contributed by atoms with E-state index in [9.17, 15) is 21.0 Å². The monoisotopic (exact) mass is 476 g/mol. The maximum absolute atomic E-state index is 12.6. The first-order valence-electron chi connectivity index (χ1n) is 8.58. The van der Waals surface area contributed by atoms with E-state index in [2.05, 4.69) is 0 Å². The zero-order chi connectivity index (χ0) is 21.2. The predicted octanol–water partition coefficient (Wildman–Crippen LogP) is 2.56. The van der Waals surface area contributed by atoms with Gasteiger partial charge >= 0.3 is 0 Å². The molecule has 0 aliphatic carbocycles. The molecule has 1 fully saturated rings. The maximum Gasteiger partial charge on any atom is 0.297 e. The van der Waals surface area contributed by atoms with Gasteiger partial charge in [0.15, 0.2) is 0 Å². The zero-order valence-electron chi connectivity index (χ0n) is 15.7. The molecule has 0 radical (unpaired) electrons. The summed E-state index contributed by atoms with van der Waals surface area (Å²) in [5, 5.41) is 0. The third-order valence-electron chi connectivity index (χ3n) is 4.20. The molecule has 7 nitrogen and oxygen atoms in total. The van der Waals surface area contributed by atoms with Crippen LogP contribution < -0.4 is 0 Å². The lowest BCUT2D eigenvalue weighted by atomic mass is 10.2. The van der Waals surface area contributed by atoms with Gasteiger partial charge in [-0.3, -0.25) is 8.37 Å². The van der Waals surface area contributed by atoms with E-state index >= 15 is 0 Å². The van der Waals surface area contributed by atoms with Crippen molar-refractivity contribution in [3.05, 3.63) is 59.7 Å². The van der Waals surface area contributed by atoms with Gasteiger partial charge in [-0.1, -0.05) is 46.2 Å². The van der Waals surface area contributed by atoms with Crippen LogP contribution in [0.4, 0.5) is 0 Å². The van der Waals surface area contributed by atoms with Crippen molar-refractivity contribution < 1.29 is 29.4 Å². The van der Waals surface area contributed by atoms with Crippen molar-refractivity contribution in [2.24, 2.45) is 0 Å². The Labute approximate surface area is 176 Å². The van der Waals surface area contributed by atoms with Crippen LogP contribution in [0.25, 0.3) is 0 Å². The van der Waals surface area contributed by atoms with Crippen LogP contribution in [0.1, 0.15) is 11.1 Å². The molecule has 3 unspecified atom stereocenters. The lowest BCUT2D eigenvalue weighted by Gasteiger charge is -2.29. The second-order valence-corrected chi connectivity index (χ2v) is 13.0. The molecular weight excluding hydrogens is 456 g/mol. The Kier molecular flexibility index (Phi) is 6.86. The van der Waals surface area contributed by atoms with Crippen molar-refractivity contribution in [1.29, 1.82) is 0 Å². The molecule has 1 saturated heterocycles. The van der Waals surface area contributed by atoms with E-state index in [1.165, 1.54) is 24.3 Å². The van der Waals surface area contributed by atoms with Gasteiger partial charge in [-0.2, -0.15) is 16.8 Å². The molecule has 0 aromatic heterocycles. The van der Waals surface area contributed by atoms with Crippen molar-refractivity contribution in [1.82, 2.24) is 0 Å². The Morgan fingerprint density at radius 1 is 0.793 bits per heavy atom. The van der Waals surface area contributed by atoms with Gasteiger partial charge in [-0.15, -0.1) is 0 Å². The highest BCUT2D eigenvalue weighted by atomic mass is 33.1. The highest BCUT2D eigenvalue weighted by molar-refractivity contribution is 8.69. The Morgan fingerprint density at radius 3 is 1.66 bits per heavy atom. The van der Waals surface area contributed by atoms with Gasteiger partial charge in [0.1, 0.15) is 12.2 Å². The second-order valence-electron chi connectivity index (χ2n) is 6.56. The largest absolute Gasteiger partial charge is 0.297 e. The van der Waals surface area contributed by atoms with Crippen LogP contribution in [0.15, 0.2) is 58.3 Å². The molecular formula is C18H20O7S4. The van der Waals surface area contributed by atoms with Crippen LogP contribution in [0.5, 0.6) is 0 Å². The van der Waals surface area contributed by atoms with Crippen molar-refractivity contribution in [2.75, 3.05) is 11.5 Å². The second kappa shape index (κ2) is 8.86. The number of hydrogen-bond donors (Lipinski definition) is 0. The lowest BCUT2D eigenvalue weighted by molar-refractivity contribution is 0.0919. The van der Waals surface area contributed by atoms with Gasteiger partial charge in [0.2, 0.25) is 0 Å². The molecule has 11 heteroatoms. The van der Waals surface area contributed by atoms with Gasteiger partial charge in [0, 0.05) is 5.75 Å². The molecule has 3 atom stereocenters. The molecule has 0 amide bonds. The fraction of sp³-hybridized carbons (Fsp3) is 0.333.